The van der Waals surface area contributed by atoms with E-state index in [-0.39, 0.29) is 10.0 Å². The molecule has 0 aliphatic carbocycles. The Morgan fingerprint density at radius 1 is 1.24 bits per heavy atom. The van der Waals surface area contributed by atoms with Gasteiger partial charge in [0.1, 0.15) is 22.2 Å². The number of hydrogen-bond acceptors (Lipinski definition) is 6. The quantitative estimate of drug-likeness (QED) is 0.657. The first-order valence-electron chi connectivity index (χ1n) is 7.12. The lowest BCUT2D eigenvalue weighted by Gasteiger charge is -2.09. The molecular formula is C16H15N3O4S2. The zero-order chi connectivity index (χ0) is 18.2. The molecule has 3 aromatic rings. The van der Waals surface area contributed by atoms with Crippen LogP contribution in [0.25, 0.3) is 10.9 Å². The minimum absolute atomic E-state index is 0.0142. The van der Waals surface area contributed by atoms with E-state index in [1.165, 1.54) is 18.3 Å². The highest BCUT2D eigenvalue weighted by Gasteiger charge is 2.12. The molecule has 2 heterocycles. The number of sulfone groups is 1. The highest BCUT2D eigenvalue weighted by Crippen LogP contribution is 2.33. The number of nitrogens with zero attached hydrogens (tertiary/aromatic N) is 1. The van der Waals surface area contributed by atoms with Gasteiger partial charge in [-0.15, -0.1) is 0 Å². The molecule has 2 aromatic heterocycles. The number of thiocarbonyl (C=S) groups is 1. The Bertz CT molecular complexity index is 1060. The van der Waals surface area contributed by atoms with Crippen LogP contribution < -0.4 is 15.2 Å². The lowest BCUT2D eigenvalue weighted by atomic mass is 10.2. The van der Waals surface area contributed by atoms with Gasteiger partial charge in [-0.2, -0.15) is 0 Å². The van der Waals surface area contributed by atoms with E-state index in [9.17, 15) is 8.42 Å². The molecule has 130 valence electrons. The van der Waals surface area contributed by atoms with Gasteiger partial charge in [-0.1, -0.05) is 12.2 Å². The molecule has 0 amide bonds. The molecule has 0 bridgehead atoms. The summed E-state index contributed by atoms with van der Waals surface area (Å²) in [6.45, 7) is 0. The van der Waals surface area contributed by atoms with Gasteiger partial charge in [-0.3, -0.25) is 0 Å². The van der Waals surface area contributed by atoms with Gasteiger partial charge < -0.3 is 20.2 Å². The molecule has 7 nitrogen and oxygen atoms in total. The van der Waals surface area contributed by atoms with Crippen LogP contribution in [-0.4, -0.2) is 36.7 Å². The van der Waals surface area contributed by atoms with Crippen molar-refractivity contribution in [1.29, 1.82) is 0 Å². The predicted molar refractivity (Wildman–Crippen MR) is 98.2 cm³/mol. The molecule has 0 radical (unpaired) electrons. The predicted octanol–water partition coefficient (Wildman–Crippen LogP) is 2.40. The number of pyridine rings is 1. The first kappa shape index (κ1) is 17.2. The van der Waals surface area contributed by atoms with Crippen LogP contribution in [0.3, 0.4) is 0 Å². The molecule has 25 heavy (non-hydrogen) atoms. The number of ether oxygens (including phenoxy) is 2. The number of rotatable bonds is 5. The number of nitrogens with two attached hydrogens (primary N) is 1. The number of aromatic nitrogens is 2. The molecule has 9 heteroatoms. The van der Waals surface area contributed by atoms with Crippen molar-refractivity contribution in [2.45, 2.75) is 5.03 Å². The zero-order valence-corrected chi connectivity index (χ0v) is 15.1. The molecular weight excluding hydrogens is 362 g/mol. The summed E-state index contributed by atoms with van der Waals surface area (Å²) in [5.41, 5.74) is 7.03. The molecule has 0 fully saturated rings. The Morgan fingerprint density at radius 3 is 2.56 bits per heavy atom. The van der Waals surface area contributed by atoms with E-state index in [4.69, 9.17) is 27.4 Å². The third kappa shape index (κ3) is 3.57. The Morgan fingerprint density at radius 2 is 2.00 bits per heavy atom. The van der Waals surface area contributed by atoms with Gasteiger partial charge in [0.05, 0.1) is 24.5 Å². The third-order valence-electron chi connectivity index (χ3n) is 3.48. The first-order valence-corrected chi connectivity index (χ1v) is 9.42. The minimum Gasteiger partial charge on any atom is -0.494 e. The average Bonchev–Trinajstić information content (AvgIpc) is 2.98. The second-order valence-electron chi connectivity index (χ2n) is 5.34. The van der Waals surface area contributed by atoms with E-state index in [1.807, 2.05) is 0 Å². The molecule has 0 aliphatic heterocycles. The molecule has 0 spiro atoms. The number of nitrogens with one attached hydrogen (secondary N) is 1. The SMILES string of the molecule is COc1cc(Oc2ccc(S(C)(=O)=O)nc2)cc2cc(C(N)=S)[nH]c12. The van der Waals surface area contributed by atoms with Gasteiger partial charge >= 0.3 is 0 Å². The van der Waals surface area contributed by atoms with Crippen molar-refractivity contribution in [1.82, 2.24) is 9.97 Å². The summed E-state index contributed by atoms with van der Waals surface area (Å²) in [5, 5.41) is 0.803. The van der Waals surface area contributed by atoms with Crippen LogP contribution in [0.2, 0.25) is 0 Å². The normalized spacial score (nSPS) is 11.4. The van der Waals surface area contributed by atoms with E-state index in [2.05, 4.69) is 9.97 Å². The second-order valence-corrected chi connectivity index (χ2v) is 7.75. The fraction of sp³-hybridized carbons (Fsp3) is 0.125. The highest BCUT2D eigenvalue weighted by atomic mass is 32.2. The summed E-state index contributed by atoms with van der Waals surface area (Å²) >= 11 is 4.98. The maximum atomic E-state index is 11.4. The van der Waals surface area contributed by atoms with Gasteiger partial charge in [0.2, 0.25) is 0 Å². The summed E-state index contributed by atoms with van der Waals surface area (Å²) in [6, 6.07) is 8.23. The average molecular weight is 377 g/mol. The van der Waals surface area contributed by atoms with Crippen LogP contribution in [0.5, 0.6) is 17.2 Å². The fourth-order valence-electron chi connectivity index (χ4n) is 2.32. The van der Waals surface area contributed by atoms with E-state index in [1.54, 1.807) is 25.3 Å². The van der Waals surface area contributed by atoms with Gasteiger partial charge in [-0.05, 0) is 24.3 Å². The number of fused-ring (bicyclic) bond motifs is 1. The molecule has 1 aromatic carbocycles. The Hall–Kier alpha value is -2.65. The number of H-pyrrole nitrogens is 1. The van der Waals surface area contributed by atoms with Crippen molar-refractivity contribution < 1.29 is 17.9 Å². The molecule has 0 atom stereocenters. The molecule has 0 aliphatic rings. The van der Waals surface area contributed by atoms with Crippen molar-refractivity contribution in [3.8, 4) is 17.2 Å². The molecule has 3 rings (SSSR count). The van der Waals surface area contributed by atoms with Gasteiger partial charge in [-0.25, -0.2) is 13.4 Å². The fourth-order valence-corrected chi connectivity index (χ4v) is 2.99. The lowest BCUT2D eigenvalue weighted by molar-refractivity contribution is 0.413. The third-order valence-corrected chi connectivity index (χ3v) is 4.70. The molecule has 0 saturated carbocycles. The van der Waals surface area contributed by atoms with Crippen LogP contribution in [0.15, 0.2) is 41.6 Å². The maximum Gasteiger partial charge on any atom is 0.192 e. The summed E-state index contributed by atoms with van der Waals surface area (Å²) < 4.78 is 34.0. The molecule has 0 saturated heterocycles. The van der Waals surface area contributed by atoms with E-state index in [0.717, 1.165) is 17.2 Å². The van der Waals surface area contributed by atoms with Crippen molar-refractivity contribution in [2.24, 2.45) is 5.73 Å². The second kappa shape index (κ2) is 6.34. The summed E-state index contributed by atoms with van der Waals surface area (Å²) in [6.07, 6.45) is 2.45. The van der Waals surface area contributed by atoms with Crippen LogP contribution in [0.4, 0.5) is 0 Å². The lowest BCUT2D eigenvalue weighted by Crippen LogP contribution is -2.09. The number of aromatic amines is 1. The van der Waals surface area contributed by atoms with Crippen molar-refractivity contribution in [3.63, 3.8) is 0 Å². The number of methoxy groups -OCH3 is 1. The minimum atomic E-state index is -3.35. The van der Waals surface area contributed by atoms with Crippen LogP contribution in [-0.2, 0) is 9.84 Å². The first-order chi connectivity index (χ1) is 11.8. The number of benzene rings is 1. The maximum absolute atomic E-state index is 11.4. The highest BCUT2D eigenvalue weighted by molar-refractivity contribution is 7.90. The summed E-state index contributed by atoms with van der Waals surface area (Å²) in [4.78, 5) is 7.25. The Labute approximate surface area is 149 Å². The largest absolute Gasteiger partial charge is 0.494 e. The smallest absolute Gasteiger partial charge is 0.192 e. The summed E-state index contributed by atoms with van der Waals surface area (Å²) in [5.74, 6) is 1.47. The number of hydrogen-bond donors (Lipinski definition) is 2. The van der Waals surface area contributed by atoms with Crippen LogP contribution in [0, 0.1) is 0 Å². The van der Waals surface area contributed by atoms with Gasteiger partial charge in [0.15, 0.2) is 14.9 Å². The van der Waals surface area contributed by atoms with Gasteiger partial charge in [0, 0.05) is 17.7 Å². The van der Waals surface area contributed by atoms with Gasteiger partial charge in [0.25, 0.3) is 0 Å². The van der Waals surface area contributed by atoms with Crippen LogP contribution in [0.1, 0.15) is 5.69 Å². The van der Waals surface area contributed by atoms with E-state index < -0.39 is 9.84 Å². The van der Waals surface area contributed by atoms with E-state index in [0.29, 0.717) is 22.9 Å². The Kier molecular flexibility index (Phi) is 4.36. The van der Waals surface area contributed by atoms with Crippen molar-refractivity contribution in [3.05, 3.63) is 42.2 Å². The topological polar surface area (TPSA) is 107 Å². The molecule has 3 N–H and O–H groups in total. The van der Waals surface area contributed by atoms with Crippen molar-refractivity contribution in [2.75, 3.05) is 13.4 Å². The van der Waals surface area contributed by atoms with Crippen molar-refractivity contribution >= 4 is 37.9 Å². The van der Waals surface area contributed by atoms with Crippen LogP contribution >= 0.6 is 12.2 Å². The van der Waals surface area contributed by atoms with E-state index >= 15 is 0 Å². The Balaban J connectivity index is 1.97. The summed E-state index contributed by atoms with van der Waals surface area (Å²) in [7, 11) is -1.81. The zero-order valence-electron chi connectivity index (χ0n) is 13.4. The molecule has 0 unspecified atom stereocenters. The monoisotopic (exact) mass is 377 g/mol. The standard InChI is InChI=1S/C16H15N3O4S2/c1-22-13-7-11(5-9-6-12(16(17)24)19-15(9)13)23-10-3-4-14(18-8-10)25(2,20)21/h3-8,19H,1-2H3,(H2,17,24).